The number of hydrogen-bond acceptors (Lipinski definition) is 1. The van der Waals surface area contributed by atoms with Crippen molar-refractivity contribution in [3.63, 3.8) is 0 Å². The number of unbranched alkanes of at least 4 members (excludes halogenated alkanes) is 9. The van der Waals surface area contributed by atoms with Gasteiger partial charge < -0.3 is 4.57 Å². The summed E-state index contributed by atoms with van der Waals surface area (Å²) in [7, 11) is 0. The molecule has 0 aliphatic rings. The lowest BCUT2D eigenvalue weighted by Crippen LogP contribution is -2.08. The Labute approximate surface area is 155 Å². The fraction of sp³-hybridized carbons (Fsp3) is 0.696. The lowest BCUT2D eigenvalue weighted by molar-refractivity contribution is 0.403. The summed E-state index contributed by atoms with van der Waals surface area (Å²) >= 11 is 0. The van der Waals surface area contributed by atoms with Crippen LogP contribution in [-0.2, 0) is 0 Å². The normalized spacial score (nSPS) is 12.7. The third-order valence-corrected chi connectivity index (χ3v) is 5.45. The molecule has 0 aliphatic heterocycles. The summed E-state index contributed by atoms with van der Waals surface area (Å²) in [6.45, 7) is 4.59. The van der Waals surface area contributed by atoms with Gasteiger partial charge in [0.25, 0.3) is 0 Å². The summed E-state index contributed by atoms with van der Waals surface area (Å²) in [4.78, 5) is 4.27. The van der Waals surface area contributed by atoms with E-state index in [4.69, 9.17) is 0 Å². The fourth-order valence-electron chi connectivity index (χ4n) is 3.89. The van der Waals surface area contributed by atoms with Crippen LogP contribution in [-0.4, -0.2) is 9.55 Å². The van der Waals surface area contributed by atoms with E-state index in [-0.39, 0.29) is 0 Å². The van der Waals surface area contributed by atoms with Crippen LogP contribution in [0.15, 0.2) is 30.7 Å². The molecule has 0 radical (unpaired) electrons. The van der Waals surface area contributed by atoms with Gasteiger partial charge >= 0.3 is 0 Å². The molecule has 0 amide bonds. The Hall–Kier alpha value is -1.31. The highest BCUT2D eigenvalue weighted by Gasteiger charge is 2.13. The van der Waals surface area contributed by atoms with Crippen molar-refractivity contribution < 1.29 is 0 Å². The van der Waals surface area contributed by atoms with Crippen molar-refractivity contribution in [2.75, 3.05) is 0 Å². The molecule has 0 aromatic carbocycles. The molecule has 0 N–H and O–H groups in total. The Kier molecular flexibility index (Phi) is 9.69. The maximum atomic E-state index is 4.27. The molecule has 1 atom stereocenters. The average Bonchev–Trinajstić information content (AvgIpc) is 3.06. The summed E-state index contributed by atoms with van der Waals surface area (Å²) < 4.78 is 2.53. The maximum Gasteiger partial charge on any atom is 0.0513 e. The lowest BCUT2D eigenvalue weighted by Gasteiger charge is -2.20. The second-order valence-electron chi connectivity index (χ2n) is 7.57. The highest BCUT2D eigenvalue weighted by Crippen LogP contribution is 2.28. The van der Waals surface area contributed by atoms with E-state index in [2.05, 4.69) is 41.7 Å². The van der Waals surface area contributed by atoms with Crippen LogP contribution < -0.4 is 0 Å². The van der Waals surface area contributed by atoms with Gasteiger partial charge in [-0.25, -0.2) is 0 Å². The molecule has 2 heteroatoms. The van der Waals surface area contributed by atoms with E-state index in [1.54, 1.807) is 0 Å². The molecule has 0 fully saturated rings. The Morgan fingerprint density at radius 1 is 0.800 bits per heavy atom. The van der Waals surface area contributed by atoms with Gasteiger partial charge in [-0.05, 0) is 25.0 Å². The Morgan fingerprint density at radius 2 is 1.40 bits per heavy atom. The maximum absolute atomic E-state index is 4.27. The van der Waals surface area contributed by atoms with Crippen LogP contribution in [0.3, 0.4) is 0 Å². The van der Waals surface area contributed by atoms with E-state index in [9.17, 15) is 0 Å². The third-order valence-electron chi connectivity index (χ3n) is 5.45. The van der Waals surface area contributed by atoms with E-state index >= 15 is 0 Å². The van der Waals surface area contributed by atoms with Gasteiger partial charge in [-0.2, -0.15) is 0 Å². The zero-order valence-corrected chi connectivity index (χ0v) is 16.6. The van der Waals surface area contributed by atoms with Crippen LogP contribution >= 0.6 is 0 Å². The van der Waals surface area contributed by atoms with E-state index in [1.807, 2.05) is 12.4 Å². The number of pyridine rings is 1. The van der Waals surface area contributed by atoms with Gasteiger partial charge in [0.05, 0.1) is 5.52 Å². The van der Waals surface area contributed by atoms with Crippen LogP contribution in [0.5, 0.6) is 0 Å². The van der Waals surface area contributed by atoms with Crippen molar-refractivity contribution in [3.8, 4) is 0 Å². The molecule has 0 saturated heterocycles. The predicted molar refractivity (Wildman–Crippen MR) is 110 cm³/mol. The van der Waals surface area contributed by atoms with E-state index in [0.717, 1.165) is 0 Å². The molecule has 2 rings (SSSR count). The molecule has 2 nitrogen and oxygen atoms in total. The number of aromatic nitrogens is 2. The van der Waals surface area contributed by atoms with Gasteiger partial charge in [0.15, 0.2) is 0 Å². The van der Waals surface area contributed by atoms with Crippen molar-refractivity contribution in [1.29, 1.82) is 0 Å². The first-order valence-electron chi connectivity index (χ1n) is 10.8. The molecular formula is C23H38N2. The minimum absolute atomic E-state index is 0.660. The number of fused-ring (bicyclic) bond motifs is 1. The first-order valence-corrected chi connectivity index (χ1v) is 10.8. The largest absolute Gasteiger partial charge is 0.344 e. The highest BCUT2D eigenvalue weighted by molar-refractivity contribution is 5.78. The van der Waals surface area contributed by atoms with Crippen molar-refractivity contribution in [3.05, 3.63) is 30.7 Å². The molecule has 2 heterocycles. The van der Waals surface area contributed by atoms with Crippen LogP contribution in [0.4, 0.5) is 0 Å². The fourth-order valence-corrected chi connectivity index (χ4v) is 3.89. The molecule has 140 valence electrons. The zero-order valence-electron chi connectivity index (χ0n) is 16.6. The average molecular weight is 343 g/mol. The molecule has 0 bridgehead atoms. The van der Waals surface area contributed by atoms with E-state index in [1.165, 1.54) is 94.4 Å². The first-order chi connectivity index (χ1) is 12.4. The molecule has 25 heavy (non-hydrogen) atoms. The number of hydrogen-bond donors (Lipinski definition) is 0. The predicted octanol–water partition coefficient (Wildman–Crippen LogP) is 7.69. The summed E-state index contributed by atoms with van der Waals surface area (Å²) in [5.41, 5.74) is 1.36. The van der Waals surface area contributed by atoms with Crippen LogP contribution in [0.1, 0.15) is 103 Å². The summed E-state index contributed by atoms with van der Waals surface area (Å²) in [6, 6.07) is 5.07. The van der Waals surface area contributed by atoms with Gasteiger partial charge in [0, 0.05) is 30.0 Å². The van der Waals surface area contributed by atoms with Crippen LogP contribution in [0.25, 0.3) is 10.9 Å². The third kappa shape index (κ3) is 6.84. The molecular weight excluding hydrogens is 304 g/mol. The van der Waals surface area contributed by atoms with Gasteiger partial charge in [0.2, 0.25) is 0 Å². The summed E-state index contributed by atoms with van der Waals surface area (Å²) in [5.74, 6) is 0. The minimum atomic E-state index is 0.660. The second kappa shape index (κ2) is 12.1. The first kappa shape index (κ1) is 20.0. The lowest BCUT2D eigenvalue weighted by atomic mass is 10.00. The molecule has 0 aliphatic carbocycles. The van der Waals surface area contributed by atoms with Gasteiger partial charge in [0.1, 0.15) is 0 Å². The summed E-state index contributed by atoms with van der Waals surface area (Å²) in [5, 5.41) is 1.28. The topological polar surface area (TPSA) is 17.8 Å². The highest BCUT2D eigenvalue weighted by atomic mass is 15.0. The van der Waals surface area contributed by atoms with Gasteiger partial charge in [-0.3, -0.25) is 4.98 Å². The smallest absolute Gasteiger partial charge is 0.0513 e. The number of rotatable bonds is 14. The monoisotopic (exact) mass is 342 g/mol. The summed E-state index contributed by atoms with van der Waals surface area (Å²) in [6.07, 6.45) is 24.1. The molecule has 1 unspecified atom stereocenters. The van der Waals surface area contributed by atoms with Crippen molar-refractivity contribution in [2.45, 2.75) is 103 Å². The Bertz CT molecular complexity index is 572. The molecule has 0 saturated carbocycles. The SMILES string of the molecule is CCCCCCCCC(CCCCCCC)n1ccc2cnccc21. The molecule has 2 aromatic heterocycles. The molecule has 0 spiro atoms. The van der Waals surface area contributed by atoms with E-state index < -0.39 is 0 Å². The van der Waals surface area contributed by atoms with Crippen LogP contribution in [0.2, 0.25) is 0 Å². The quantitative estimate of drug-likeness (QED) is 0.322. The van der Waals surface area contributed by atoms with Gasteiger partial charge in [-0.1, -0.05) is 84.5 Å². The minimum Gasteiger partial charge on any atom is -0.344 e. The van der Waals surface area contributed by atoms with Crippen molar-refractivity contribution in [2.24, 2.45) is 0 Å². The van der Waals surface area contributed by atoms with Gasteiger partial charge in [-0.15, -0.1) is 0 Å². The Balaban J connectivity index is 1.89. The van der Waals surface area contributed by atoms with E-state index in [0.29, 0.717) is 6.04 Å². The van der Waals surface area contributed by atoms with Crippen molar-refractivity contribution >= 4 is 10.9 Å². The van der Waals surface area contributed by atoms with Crippen LogP contribution in [0, 0.1) is 0 Å². The molecule has 2 aromatic rings. The standard InChI is InChI=1S/C23H38N2/c1-3-5-7-9-11-13-15-22(14-12-10-8-6-4-2)25-19-17-21-20-24-18-16-23(21)25/h16-20,22H,3-15H2,1-2H3. The Morgan fingerprint density at radius 3 is 2.04 bits per heavy atom. The van der Waals surface area contributed by atoms with Crippen molar-refractivity contribution in [1.82, 2.24) is 9.55 Å². The second-order valence-corrected chi connectivity index (χ2v) is 7.57. The zero-order chi connectivity index (χ0) is 17.7. The number of nitrogens with zero attached hydrogens (tertiary/aromatic N) is 2.